The van der Waals surface area contributed by atoms with Gasteiger partial charge in [-0.25, -0.2) is 0 Å². The summed E-state index contributed by atoms with van der Waals surface area (Å²) in [7, 11) is 0. The van der Waals surface area contributed by atoms with Crippen LogP contribution in [-0.4, -0.2) is 4.92 Å². The number of rotatable bonds is 2. The van der Waals surface area contributed by atoms with Crippen molar-refractivity contribution < 1.29 is 4.92 Å². The van der Waals surface area contributed by atoms with Gasteiger partial charge in [0.15, 0.2) is 0 Å². The Kier molecular flexibility index (Phi) is 2.03. The van der Waals surface area contributed by atoms with E-state index in [2.05, 4.69) is 5.73 Å². The zero-order valence-electron chi connectivity index (χ0n) is 5.36. The molecule has 1 unspecified atom stereocenters. The van der Waals surface area contributed by atoms with Crippen LogP contribution in [-0.2, 0) is 0 Å². The van der Waals surface area contributed by atoms with Crippen LogP contribution in [0.25, 0.3) is 0 Å². The van der Waals surface area contributed by atoms with Crippen molar-refractivity contribution in [2.45, 2.75) is 6.42 Å². The second kappa shape index (κ2) is 2.99. The van der Waals surface area contributed by atoms with Gasteiger partial charge in [-0.15, -0.1) is 0 Å². The highest BCUT2D eigenvalue weighted by Crippen LogP contribution is 2.16. The van der Waals surface area contributed by atoms with E-state index in [1.165, 1.54) is 0 Å². The summed E-state index contributed by atoms with van der Waals surface area (Å²) in [6, 6.07) is 0. The van der Waals surface area contributed by atoms with Gasteiger partial charge in [0.1, 0.15) is 0 Å². The Labute approximate surface area is 58.5 Å². The number of hydrogen-bond donors (Lipinski definition) is 0. The molecule has 0 fully saturated rings. The first-order chi connectivity index (χ1) is 4.79. The molecule has 1 aliphatic carbocycles. The van der Waals surface area contributed by atoms with Gasteiger partial charge in [0.2, 0.25) is 0 Å². The van der Waals surface area contributed by atoms with E-state index in [1.54, 1.807) is 6.08 Å². The average molecular weight is 137 g/mol. The summed E-state index contributed by atoms with van der Waals surface area (Å²) in [4.78, 5) is 9.22. The van der Waals surface area contributed by atoms with Crippen molar-refractivity contribution in [1.82, 2.24) is 0 Å². The molecule has 0 saturated heterocycles. The Morgan fingerprint density at radius 1 is 1.80 bits per heavy atom. The van der Waals surface area contributed by atoms with Crippen LogP contribution in [0.15, 0.2) is 30.2 Å². The van der Waals surface area contributed by atoms with Crippen LogP contribution >= 0.6 is 0 Å². The lowest BCUT2D eigenvalue weighted by Crippen LogP contribution is -1.96. The normalized spacial score (nSPS) is 20.6. The SMILES string of the molecule is O=[N+]([O-])C=C=CC1C=CC1. The zero-order valence-corrected chi connectivity index (χ0v) is 5.36. The first-order valence-corrected chi connectivity index (χ1v) is 3.02. The average Bonchev–Trinajstić information content (AvgIpc) is 1.75. The topological polar surface area (TPSA) is 43.1 Å². The lowest BCUT2D eigenvalue weighted by Gasteiger charge is -2.09. The second-order valence-electron chi connectivity index (χ2n) is 2.08. The fraction of sp³-hybridized carbons (Fsp3) is 0.286. The molecule has 3 nitrogen and oxygen atoms in total. The summed E-state index contributed by atoms with van der Waals surface area (Å²) >= 11 is 0. The molecule has 0 radical (unpaired) electrons. The van der Waals surface area contributed by atoms with Gasteiger partial charge in [-0.05, 0) is 18.2 Å². The molecule has 1 rings (SSSR count). The van der Waals surface area contributed by atoms with Gasteiger partial charge in [0, 0.05) is 5.92 Å². The summed E-state index contributed by atoms with van der Waals surface area (Å²) in [6.07, 6.45) is 7.52. The summed E-state index contributed by atoms with van der Waals surface area (Å²) in [6.45, 7) is 0. The van der Waals surface area contributed by atoms with Crippen LogP contribution in [0.5, 0.6) is 0 Å². The maximum atomic E-state index is 9.74. The maximum absolute atomic E-state index is 9.74. The maximum Gasteiger partial charge on any atom is 0.276 e. The molecule has 0 bridgehead atoms. The molecular formula is C7H7NO2. The molecule has 0 N–H and O–H groups in total. The predicted octanol–water partition coefficient (Wildman–Crippen LogP) is 1.51. The first-order valence-electron chi connectivity index (χ1n) is 3.02. The number of hydrogen-bond acceptors (Lipinski definition) is 2. The summed E-state index contributed by atoms with van der Waals surface area (Å²) in [5, 5.41) is 9.74. The van der Waals surface area contributed by atoms with Gasteiger partial charge in [-0.1, -0.05) is 12.2 Å². The molecule has 0 heterocycles. The predicted molar refractivity (Wildman–Crippen MR) is 36.9 cm³/mol. The summed E-state index contributed by atoms with van der Waals surface area (Å²) < 4.78 is 0. The van der Waals surface area contributed by atoms with Crippen molar-refractivity contribution in [2.24, 2.45) is 5.92 Å². The van der Waals surface area contributed by atoms with Crippen LogP contribution in [0.4, 0.5) is 0 Å². The third-order valence-electron chi connectivity index (χ3n) is 1.28. The molecule has 0 amide bonds. The van der Waals surface area contributed by atoms with Crippen molar-refractivity contribution in [1.29, 1.82) is 0 Å². The lowest BCUT2D eigenvalue weighted by atomic mass is 9.96. The van der Waals surface area contributed by atoms with Crippen molar-refractivity contribution in [3.63, 3.8) is 0 Å². The highest BCUT2D eigenvalue weighted by atomic mass is 16.6. The molecule has 1 atom stereocenters. The smallest absolute Gasteiger partial charge is 0.258 e. The molecule has 0 aliphatic heterocycles. The molecule has 0 spiro atoms. The minimum Gasteiger partial charge on any atom is -0.258 e. The zero-order chi connectivity index (χ0) is 7.40. The summed E-state index contributed by atoms with van der Waals surface area (Å²) in [5.74, 6) is 0.371. The second-order valence-corrected chi connectivity index (χ2v) is 2.08. The van der Waals surface area contributed by atoms with E-state index in [4.69, 9.17) is 0 Å². The highest BCUT2D eigenvalue weighted by molar-refractivity contribution is 5.10. The molecule has 0 aromatic rings. The van der Waals surface area contributed by atoms with Crippen molar-refractivity contribution in [2.75, 3.05) is 0 Å². The fourth-order valence-electron chi connectivity index (χ4n) is 0.644. The number of nitrogens with zero attached hydrogens (tertiary/aromatic N) is 1. The van der Waals surface area contributed by atoms with Crippen LogP contribution < -0.4 is 0 Å². The third kappa shape index (κ3) is 1.88. The third-order valence-corrected chi connectivity index (χ3v) is 1.28. The fourth-order valence-corrected chi connectivity index (χ4v) is 0.644. The molecular weight excluding hydrogens is 130 g/mol. The van der Waals surface area contributed by atoms with Crippen LogP contribution in [0, 0.1) is 16.0 Å². The Balaban J connectivity index is 2.42. The molecule has 0 saturated carbocycles. The van der Waals surface area contributed by atoms with Crippen molar-refractivity contribution in [3.05, 3.63) is 40.3 Å². The Hall–Kier alpha value is -1.34. The molecule has 52 valence electrons. The van der Waals surface area contributed by atoms with E-state index in [0.717, 1.165) is 12.6 Å². The molecule has 10 heavy (non-hydrogen) atoms. The van der Waals surface area contributed by atoms with E-state index in [-0.39, 0.29) is 0 Å². The van der Waals surface area contributed by atoms with Crippen LogP contribution in [0.2, 0.25) is 0 Å². The number of nitro groups is 1. The van der Waals surface area contributed by atoms with Gasteiger partial charge in [0.05, 0.1) is 4.92 Å². The number of allylic oxidation sites excluding steroid dienone is 3. The molecule has 3 heteroatoms. The van der Waals surface area contributed by atoms with Gasteiger partial charge in [-0.3, -0.25) is 10.1 Å². The van der Waals surface area contributed by atoms with E-state index in [9.17, 15) is 10.1 Å². The quantitative estimate of drug-likeness (QED) is 0.250. The molecule has 1 aliphatic rings. The molecule has 0 aromatic heterocycles. The standard InChI is InChI=1S/C7H7NO2/c9-8(10)6-2-5-7-3-1-4-7/h1,3,5-7H,4H2. The van der Waals surface area contributed by atoms with E-state index < -0.39 is 4.92 Å². The summed E-state index contributed by atoms with van der Waals surface area (Å²) in [5.41, 5.74) is 2.49. The minimum atomic E-state index is -0.515. The van der Waals surface area contributed by atoms with Gasteiger partial charge >= 0.3 is 0 Å². The Bertz CT molecular complexity index is 224. The van der Waals surface area contributed by atoms with E-state index in [1.807, 2.05) is 12.2 Å². The first kappa shape index (κ1) is 6.78. The highest BCUT2D eigenvalue weighted by Gasteiger charge is 2.03. The van der Waals surface area contributed by atoms with Gasteiger partial charge in [0.25, 0.3) is 6.20 Å². The van der Waals surface area contributed by atoms with Crippen LogP contribution in [0.1, 0.15) is 6.42 Å². The van der Waals surface area contributed by atoms with E-state index in [0.29, 0.717) is 5.92 Å². The minimum absolute atomic E-state index is 0.371. The molecule has 0 aromatic carbocycles. The van der Waals surface area contributed by atoms with Crippen molar-refractivity contribution >= 4 is 0 Å². The van der Waals surface area contributed by atoms with Gasteiger partial charge < -0.3 is 0 Å². The van der Waals surface area contributed by atoms with Crippen molar-refractivity contribution in [3.8, 4) is 0 Å². The largest absolute Gasteiger partial charge is 0.276 e. The Morgan fingerprint density at radius 3 is 2.90 bits per heavy atom. The van der Waals surface area contributed by atoms with Gasteiger partial charge in [-0.2, -0.15) is 0 Å². The van der Waals surface area contributed by atoms with Crippen LogP contribution in [0.3, 0.4) is 0 Å². The lowest BCUT2D eigenvalue weighted by molar-refractivity contribution is -0.402. The van der Waals surface area contributed by atoms with E-state index >= 15 is 0 Å². The monoisotopic (exact) mass is 137 g/mol. The Morgan fingerprint density at radius 2 is 2.50 bits per heavy atom.